The molecule has 2 aliphatic heterocycles. The predicted octanol–water partition coefficient (Wildman–Crippen LogP) is 6.23. The molecule has 3 atom stereocenters. The van der Waals surface area contributed by atoms with Crippen LogP contribution >= 0.6 is 23.2 Å². The molecular formula is C28H26Cl2N2O5. The normalized spacial score (nSPS) is 20.9. The number of imide groups is 1. The number of carbonyl (C=O) groups is 2. The molecule has 2 amide bonds. The van der Waals surface area contributed by atoms with Crippen molar-refractivity contribution in [2.75, 3.05) is 23.7 Å². The van der Waals surface area contributed by atoms with E-state index >= 15 is 0 Å². The third-order valence-electron chi connectivity index (χ3n) is 6.57. The lowest BCUT2D eigenvalue weighted by atomic mass is 9.90. The summed E-state index contributed by atoms with van der Waals surface area (Å²) in [6.45, 7) is 2.67. The van der Waals surface area contributed by atoms with Crippen molar-refractivity contribution in [3.63, 3.8) is 0 Å². The van der Waals surface area contributed by atoms with Crippen LogP contribution < -0.4 is 19.4 Å². The van der Waals surface area contributed by atoms with Crippen molar-refractivity contribution >= 4 is 46.4 Å². The van der Waals surface area contributed by atoms with Crippen molar-refractivity contribution in [2.24, 2.45) is 5.92 Å². The number of anilines is 2. The fraction of sp³-hybridized carbons (Fsp3) is 0.286. The van der Waals surface area contributed by atoms with Crippen LogP contribution in [0.25, 0.3) is 0 Å². The van der Waals surface area contributed by atoms with Crippen LogP contribution in [0.1, 0.15) is 31.4 Å². The van der Waals surface area contributed by atoms with Crippen LogP contribution in [0.3, 0.4) is 0 Å². The molecule has 9 heteroatoms. The first kappa shape index (κ1) is 25.4. The highest BCUT2D eigenvalue weighted by Crippen LogP contribution is 2.49. The fourth-order valence-corrected chi connectivity index (χ4v) is 5.04. The lowest BCUT2D eigenvalue weighted by molar-refractivity contribution is -0.126. The summed E-state index contributed by atoms with van der Waals surface area (Å²) in [5.74, 6) is -0.461. The predicted molar refractivity (Wildman–Crippen MR) is 142 cm³/mol. The Balaban J connectivity index is 1.55. The van der Waals surface area contributed by atoms with Gasteiger partial charge in [0.25, 0.3) is 5.91 Å². The number of halogens is 2. The minimum atomic E-state index is -1.00. The van der Waals surface area contributed by atoms with E-state index in [2.05, 4.69) is 6.92 Å². The van der Waals surface area contributed by atoms with E-state index in [0.717, 1.165) is 29.0 Å². The molecular weight excluding hydrogens is 515 g/mol. The Morgan fingerprint density at radius 2 is 1.68 bits per heavy atom. The van der Waals surface area contributed by atoms with Gasteiger partial charge in [-0.15, -0.1) is 0 Å². The van der Waals surface area contributed by atoms with E-state index in [4.69, 9.17) is 37.5 Å². The van der Waals surface area contributed by atoms with E-state index < -0.39 is 24.0 Å². The zero-order valence-electron chi connectivity index (χ0n) is 20.4. The van der Waals surface area contributed by atoms with Crippen molar-refractivity contribution < 1.29 is 23.9 Å². The molecule has 7 nitrogen and oxygen atoms in total. The molecule has 0 saturated carbocycles. The first-order chi connectivity index (χ1) is 17.9. The largest absolute Gasteiger partial charge is 0.493 e. The number of nitrogens with zero attached hydrogens (tertiary/aromatic N) is 2. The number of benzene rings is 3. The topological polar surface area (TPSA) is 68.3 Å². The van der Waals surface area contributed by atoms with E-state index in [0.29, 0.717) is 28.8 Å². The Morgan fingerprint density at radius 3 is 2.38 bits per heavy atom. The monoisotopic (exact) mass is 540 g/mol. The zero-order chi connectivity index (χ0) is 26.1. The van der Waals surface area contributed by atoms with Gasteiger partial charge in [0.05, 0.1) is 41.2 Å². The molecule has 2 fully saturated rings. The molecule has 0 N–H and O–H groups in total. The van der Waals surface area contributed by atoms with Gasteiger partial charge >= 0.3 is 0 Å². The van der Waals surface area contributed by atoms with Gasteiger partial charge in [-0.3, -0.25) is 14.4 Å². The molecule has 0 spiro atoms. The lowest BCUT2D eigenvalue weighted by Crippen LogP contribution is -2.37. The summed E-state index contributed by atoms with van der Waals surface area (Å²) in [4.78, 5) is 34.7. The van der Waals surface area contributed by atoms with Crippen LogP contribution in [0, 0.1) is 5.92 Å². The van der Waals surface area contributed by atoms with E-state index in [1.165, 1.54) is 6.07 Å². The van der Waals surface area contributed by atoms with Gasteiger partial charge in [-0.25, -0.2) is 9.96 Å². The number of hydrogen-bond acceptors (Lipinski definition) is 6. The van der Waals surface area contributed by atoms with Gasteiger partial charge in [0.2, 0.25) is 5.91 Å². The van der Waals surface area contributed by atoms with E-state index in [-0.39, 0.29) is 10.9 Å². The Hall–Kier alpha value is -3.26. The minimum absolute atomic E-state index is 0.253. The number of fused-ring (bicyclic) bond motifs is 1. The van der Waals surface area contributed by atoms with Crippen LogP contribution in [0.5, 0.6) is 11.5 Å². The first-order valence-electron chi connectivity index (χ1n) is 12.1. The molecule has 2 aliphatic rings. The van der Waals surface area contributed by atoms with Gasteiger partial charge in [-0.1, -0.05) is 60.8 Å². The second-order valence-electron chi connectivity index (χ2n) is 8.88. The fourth-order valence-electron chi connectivity index (χ4n) is 4.74. The quantitative estimate of drug-likeness (QED) is 0.249. The van der Waals surface area contributed by atoms with Gasteiger partial charge in [0.1, 0.15) is 5.92 Å². The molecule has 2 saturated heterocycles. The summed E-state index contributed by atoms with van der Waals surface area (Å²) in [5, 5.41) is 2.23. The van der Waals surface area contributed by atoms with E-state index in [1.54, 1.807) is 24.3 Å². The van der Waals surface area contributed by atoms with Gasteiger partial charge in [0, 0.05) is 0 Å². The third kappa shape index (κ3) is 4.63. The highest BCUT2D eigenvalue weighted by molar-refractivity contribution is 6.42. The van der Waals surface area contributed by atoms with E-state index in [1.807, 2.05) is 48.5 Å². The van der Waals surface area contributed by atoms with Crippen LogP contribution in [-0.2, 0) is 14.4 Å². The summed E-state index contributed by atoms with van der Waals surface area (Å²) in [5.41, 5.74) is 1.84. The summed E-state index contributed by atoms with van der Waals surface area (Å²) in [6, 6.07) is 19.0. The summed E-state index contributed by atoms with van der Waals surface area (Å²) in [6.07, 6.45) is 0.938. The minimum Gasteiger partial charge on any atom is -0.493 e. The van der Waals surface area contributed by atoms with Crippen molar-refractivity contribution in [3.05, 3.63) is 82.3 Å². The van der Waals surface area contributed by atoms with Gasteiger partial charge in [-0.05, 0) is 54.4 Å². The SMILES string of the molecule is CCCCOc1ccc([C@@H]2[C@H]3C(=O)N(c4ccc(Cl)c(Cl)c4)C(=O)[C@H]3ON2c2ccccc2)cc1OC. The van der Waals surface area contributed by atoms with Crippen LogP contribution in [0.2, 0.25) is 10.0 Å². The van der Waals surface area contributed by atoms with Gasteiger partial charge < -0.3 is 9.47 Å². The molecule has 0 radical (unpaired) electrons. The van der Waals surface area contributed by atoms with Crippen molar-refractivity contribution in [3.8, 4) is 11.5 Å². The van der Waals surface area contributed by atoms with Crippen LogP contribution in [0.4, 0.5) is 11.4 Å². The van der Waals surface area contributed by atoms with E-state index in [9.17, 15) is 9.59 Å². The second kappa shape index (κ2) is 10.6. The number of hydroxylamine groups is 1. The second-order valence-corrected chi connectivity index (χ2v) is 9.69. The number of unbranched alkanes of at least 4 members (excludes halogenated alkanes) is 1. The Kier molecular flexibility index (Phi) is 7.29. The van der Waals surface area contributed by atoms with Crippen molar-refractivity contribution in [2.45, 2.75) is 31.9 Å². The van der Waals surface area contributed by atoms with Crippen molar-refractivity contribution in [1.29, 1.82) is 0 Å². The highest BCUT2D eigenvalue weighted by Gasteiger charge is 2.60. The third-order valence-corrected chi connectivity index (χ3v) is 7.31. The Morgan fingerprint density at radius 1 is 0.892 bits per heavy atom. The highest BCUT2D eigenvalue weighted by atomic mass is 35.5. The number of carbonyl (C=O) groups excluding carboxylic acids is 2. The molecule has 0 bridgehead atoms. The Labute approximate surface area is 225 Å². The summed E-state index contributed by atoms with van der Waals surface area (Å²) in [7, 11) is 1.57. The number of para-hydroxylation sites is 1. The number of rotatable bonds is 8. The zero-order valence-corrected chi connectivity index (χ0v) is 21.9. The summed E-state index contributed by atoms with van der Waals surface area (Å²) >= 11 is 12.2. The number of hydrogen-bond donors (Lipinski definition) is 0. The molecule has 5 rings (SSSR count). The first-order valence-corrected chi connectivity index (χ1v) is 12.8. The number of methoxy groups -OCH3 is 1. The molecule has 0 aliphatic carbocycles. The maximum absolute atomic E-state index is 13.8. The van der Waals surface area contributed by atoms with Crippen LogP contribution in [-0.4, -0.2) is 31.6 Å². The smallest absolute Gasteiger partial charge is 0.266 e. The maximum atomic E-state index is 13.8. The Bertz CT molecular complexity index is 1320. The van der Waals surface area contributed by atoms with Gasteiger partial charge in [0.15, 0.2) is 17.6 Å². The maximum Gasteiger partial charge on any atom is 0.266 e. The number of amides is 2. The van der Waals surface area contributed by atoms with Crippen LogP contribution in [0.15, 0.2) is 66.7 Å². The molecule has 3 aromatic carbocycles. The average molecular weight is 541 g/mol. The number of ether oxygens (including phenoxy) is 2. The van der Waals surface area contributed by atoms with Gasteiger partial charge in [-0.2, -0.15) is 0 Å². The molecule has 37 heavy (non-hydrogen) atoms. The molecule has 3 aromatic rings. The summed E-state index contributed by atoms with van der Waals surface area (Å²) < 4.78 is 11.5. The molecule has 0 aromatic heterocycles. The van der Waals surface area contributed by atoms with Crippen molar-refractivity contribution in [1.82, 2.24) is 0 Å². The standard InChI is InChI=1S/C28H26Cl2N2O5/c1-3-4-14-36-22-13-10-17(15-23(22)35-2)25-24-26(37-32(25)18-8-6-5-7-9-18)28(34)31(27(24)33)19-11-12-20(29)21(30)16-19/h5-13,15-16,24-26H,3-4,14H2,1-2H3/t24-,25-,26+/m1/s1. The molecule has 2 heterocycles. The lowest BCUT2D eigenvalue weighted by Gasteiger charge is -2.29. The molecule has 192 valence electrons. The molecule has 0 unspecified atom stereocenters. The average Bonchev–Trinajstić information content (AvgIpc) is 3.42.